The van der Waals surface area contributed by atoms with Gasteiger partial charge in [0.25, 0.3) is 0 Å². The summed E-state index contributed by atoms with van der Waals surface area (Å²) in [7, 11) is 36.7. The summed E-state index contributed by atoms with van der Waals surface area (Å²) < 4.78 is 141. The van der Waals surface area contributed by atoms with E-state index in [0.29, 0.717) is 64.6 Å². The van der Waals surface area contributed by atoms with Gasteiger partial charge in [-0.1, -0.05) is 82.4 Å². The maximum absolute atomic E-state index is 12.1. The Labute approximate surface area is 644 Å². The monoisotopic (exact) mass is 1670 g/mol. The largest absolute Gasteiger partial charge is 0.801 e. The normalized spacial score (nSPS) is 36.0. The molecule has 0 spiro atoms. The zero-order valence-electron chi connectivity index (χ0n) is 59.9. The molecule has 29 atom stereocenters. The van der Waals surface area contributed by atoms with Crippen LogP contribution in [0.5, 0.6) is 0 Å². The first-order chi connectivity index (χ1) is 48.1. The van der Waals surface area contributed by atoms with E-state index < -0.39 is 161 Å². The summed E-state index contributed by atoms with van der Waals surface area (Å²) in [6.45, 7) is 3.86. The molecule has 0 aromatic carbocycles. The minimum atomic E-state index is -3.95. The topological polar surface area (TPSA) is 412 Å². The van der Waals surface area contributed by atoms with E-state index in [4.69, 9.17) is 211 Å². The third-order valence-corrected chi connectivity index (χ3v) is 28.0. The van der Waals surface area contributed by atoms with Gasteiger partial charge in [-0.15, -0.1) is 0 Å². The molecule has 0 aromatic rings. The molecule has 31 nitrogen and oxygen atoms in total. The lowest BCUT2D eigenvalue weighted by Crippen LogP contribution is -2.39. The molecule has 0 amide bonds. The van der Waals surface area contributed by atoms with E-state index in [1.54, 1.807) is 42.1 Å². The van der Waals surface area contributed by atoms with Crippen molar-refractivity contribution < 1.29 is 142 Å². The predicted molar refractivity (Wildman–Crippen MR) is 408 cm³/mol. The molecule has 12 radical (unpaired) electrons. The van der Waals surface area contributed by atoms with E-state index in [1.807, 2.05) is 13.8 Å². The van der Waals surface area contributed by atoms with Gasteiger partial charge in [0.1, 0.15) is 152 Å². The van der Waals surface area contributed by atoms with E-state index in [-0.39, 0.29) is 83.5 Å². The molecule has 6 fully saturated rings. The molecule has 6 heterocycles. The number of ether oxygens (including phenoxy) is 14. The standard InChI is InChI=1S/C11H23BNO5PS.C11H22BO6PS.C8H18B2O4P.C8H16BO6P.C8H16BO5PS.C8H16BO4PS2/c2*1-3-19(14,20)18-9-8(7-15-2)17-11(12)10(9)16-6-4-5-13;1-3-15(10,11)14-6-4-8(9)13-7(6)5-12-2;1-3-16(11,12)15-7-5(4-13-2)14-8(9)6(7)10;1-3-15(11,16)14-7-5(4-12-2)13-8(9)6(7)10;1-3-14(15,16)13-7-5(4-11-2)12-8(9)6(7)10/h8-11H,3-7,13H2,1-2H3,(H,14,20);8-11,13H,3-7H2,1-2H3,(H,14,20);6-8H,3-5H2,1-2,10H3;5-8,10H,3-4H2,1-2H3,(H,11,12);5-8,10H,3-4H2,1-2H3,(H,11,16);5-8,10H,3-4H2,1-2H3,(H,15,16)/q;;-1;;;/p-5/t2*8-,9?,10+,11-,19?;6?,7-,8-,15?;5-,6+,7?,8-;5-,6+,7?,8-,15?;5-,6+,7?,8-/m111111/s1. The van der Waals surface area contributed by atoms with Gasteiger partial charge in [0, 0.05) is 118 Å². The molecule has 6 aliphatic rings. The molecule has 12 unspecified atom stereocenters. The van der Waals surface area contributed by atoms with Crippen molar-refractivity contribution in [2.24, 2.45) is 5.73 Å². The number of aliphatic hydroxyl groups excluding tert-OH is 4. The Morgan fingerprint density at radius 3 is 1.17 bits per heavy atom. The quantitative estimate of drug-likeness (QED) is 0.0186. The zero-order chi connectivity index (χ0) is 78.9. The van der Waals surface area contributed by atoms with E-state index in [2.05, 4.69) is 0 Å². The summed E-state index contributed by atoms with van der Waals surface area (Å²) >= 11 is 25.0. The number of hydrogen-bond acceptors (Lipinski definition) is 36. The molecule has 594 valence electrons. The highest BCUT2D eigenvalue weighted by atomic mass is 32.9. The van der Waals surface area contributed by atoms with E-state index in [0.717, 1.165) is 0 Å². The molecule has 103 heavy (non-hydrogen) atoms. The van der Waals surface area contributed by atoms with Crippen LogP contribution in [-0.2, 0) is 167 Å². The smallest absolute Gasteiger partial charge is 0.135 e. The first-order valence-corrected chi connectivity index (χ1v) is 48.3. The van der Waals surface area contributed by atoms with Crippen LogP contribution in [0.2, 0.25) is 0 Å². The van der Waals surface area contributed by atoms with Crippen molar-refractivity contribution in [3.05, 3.63) is 0 Å². The van der Waals surface area contributed by atoms with Gasteiger partial charge in [-0.25, -0.2) is 0 Å². The van der Waals surface area contributed by atoms with Crippen molar-refractivity contribution in [2.45, 2.75) is 201 Å². The molecule has 6 N–H and O–H groups in total. The fraction of sp³-hybridized carbons (Fsp3) is 1.00. The van der Waals surface area contributed by atoms with Crippen molar-refractivity contribution in [1.29, 1.82) is 0 Å². The van der Waals surface area contributed by atoms with Gasteiger partial charge < -0.3 is 172 Å². The Bertz CT molecular complexity index is 2440. The summed E-state index contributed by atoms with van der Waals surface area (Å²) in [6, 6.07) is -4.27. The van der Waals surface area contributed by atoms with Crippen molar-refractivity contribution in [1.82, 2.24) is 0 Å². The van der Waals surface area contributed by atoms with Crippen molar-refractivity contribution >= 4 is 154 Å². The lowest BCUT2D eigenvalue weighted by Gasteiger charge is -2.34. The summed E-state index contributed by atoms with van der Waals surface area (Å²) in [5.41, 5.74) is 3.14. The molecule has 0 bridgehead atoms. The van der Waals surface area contributed by atoms with Gasteiger partial charge in [-0.3, -0.25) is 0 Å². The van der Waals surface area contributed by atoms with Gasteiger partial charge in [0.05, 0.1) is 59.9 Å². The summed E-state index contributed by atoms with van der Waals surface area (Å²) in [5.74, 6) is 0. The van der Waals surface area contributed by atoms with Crippen LogP contribution in [0.4, 0.5) is 0 Å². The van der Waals surface area contributed by atoms with Crippen molar-refractivity contribution in [3.8, 4) is 0 Å². The van der Waals surface area contributed by atoms with E-state index >= 15 is 0 Å². The third-order valence-electron chi connectivity index (χ3n) is 15.2. The molecule has 0 aliphatic carbocycles. The van der Waals surface area contributed by atoms with Crippen molar-refractivity contribution in [2.75, 3.05) is 146 Å². The minimum absolute atomic E-state index is 0.0182. The van der Waals surface area contributed by atoms with Crippen LogP contribution in [0.25, 0.3) is 0 Å². The van der Waals surface area contributed by atoms with Crippen LogP contribution in [-0.4, -0.2) is 360 Å². The van der Waals surface area contributed by atoms with Crippen LogP contribution in [0.3, 0.4) is 0 Å². The average Bonchev–Trinajstić information content (AvgIpc) is 1.70. The number of aliphatic hydroxyl groups is 4. The Morgan fingerprint density at radius 2 is 0.816 bits per heavy atom. The van der Waals surface area contributed by atoms with Gasteiger partial charge >= 0.3 is 0 Å². The average molecular weight is 1670 g/mol. The van der Waals surface area contributed by atoms with Crippen molar-refractivity contribution in [3.63, 3.8) is 0 Å². The van der Waals surface area contributed by atoms with E-state index in [1.165, 1.54) is 28.3 Å². The molecule has 6 saturated heterocycles. The number of rotatable bonds is 38. The molecule has 0 aromatic heterocycles. The summed E-state index contributed by atoms with van der Waals surface area (Å²) in [4.78, 5) is 35.0. The summed E-state index contributed by atoms with van der Waals surface area (Å²) in [6.07, 6.45) is -7.08. The van der Waals surface area contributed by atoms with Gasteiger partial charge in [-0.05, 0) is 63.4 Å². The highest BCUT2D eigenvalue weighted by molar-refractivity contribution is 8.53. The predicted octanol–water partition coefficient (Wildman–Crippen LogP) is -2.39. The molecular weight excluding hydrogens is 1560 g/mol. The lowest BCUT2D eigenvalue weighted by atomic mass is 9.93. The van der Waals surface area contributed by atoms with Crippen LogP contribution < -0.4 is 20.4 Å². The Balaban J connectivity index is 0.000000620. The highest BCUT2D eigenvalue weighted by Gasteiger charge is 2.48. The first kappa shape index (κ1) is 104. The second-order valence-electron chi connectivity index (χ2n) is 23.0. The maximum Gasteiger partial charge on any atom is 0.135 e. The Hall–Kier alpha value is 2.67. The highest BCUT2D eigenvalue weighted by Crippen LogP contribution is 2.50. The third kappa shape index (κ3) is 37.9. The molecular formula is C54H106B7NO30P6S5-6. The van der Waals surface area contributed by atoms with Crippen LogP contribution >= 0.6 is 39.9 Å². The molecule has 6 aliphatic heterocycles. The second-order valence-corrected chi connectivity index (χ2v) is 44.1. The summed E-state index contributed by atoms with van der Waals surface area (Å²) in [5, 5.41) is 37.9. The fourth-order valence-corrected chi connectivity index (χ4v) is 15.7. The fourth-order valence-electron chi connectivity index (χ4n) is 9.61. The van der Waals surface area contributed by atoms with E-state index in [9.17, 15) is 43.7 Å². The second kappa shape index (κ2) is 52.3. The molecule has 0 saturated carbocycles. The first-order valence-electron chi connectivity index (χ1n) is 32.8. The Morgan fingerprint density at radius 1 is 0.466 bits per heavy atom. The zero-order valence-corrected chi connectivity index (χ0v) is 69.3. The number of nitrogens with two attached hydrogens (primary N) is 1. The van der Waals surface area contributed by atoms with Crippen LogP contribution in [0, 0.1) is 0 Å². The van der Waals surface area contributed by atoms with Gasteiger partial charge in [0.2, 0.25) is 0 Å². The lowest BCUT2D eigenvalue weighted by molar-refractivity contribution is -0.206. The van der Waals surface area contributed by atoms with Crippen LogP contribution in [0.1, 0.15) is 60.8 Å². The Kier molecular flexibility index (Phi) is 52.6. The maximum atomic E-state index is 12.1. The number of hydrogen-bond donors (Lipinski definition) is 5. The van der Waals surface area contributed by atoms with Gasteiger partial charge in [-0.2, -0.15) is 0 Å². The molecule has 49 heteroatoms. The molecule has 6 rings (SSSR count). The SMILES string of the molecule is [B][C@@H]1O[C@H](COC)C(OP(=O)([O-])CC)[C@@H]1O.[B][C@@H]1O[C@H](COC)C(OP(=O)([S-])CC)[C@@H]1OCCCN.[B][C@@H]1O[C@H](COC)C(OP(=S)([S-])CC)[C@@H]1O.[B][C@@H]1O[C@H](COC)C(OP([O-])(=S)CC)[C@@H]1O.[B][C@@H]1O[C@H](COC)C(OP([O-])(=S)CC)[C@@H]1OCCCO.[B][C@H]1CC(OP([BH3-])(=O)CC)[C@@H](COC)O1. The minimum Gasteiger partial charge on any atom is -0.801 e. The van der Waals surface area contributed by atoms with Gasteiger partial charge in [0.15, 0.2) is 0 Å². The van der Waals surface area contributed by atoms with Crippen LogP contribution in [0.15, 0.2) is 0 Å². The number of methoxy groups -OCH3 is 6.